The molecular weight excluding hydrogens is 460 g/mol. The zero-order valence-corrected chi connectivity index (χ0v) is 20.3. The number of amides is 1. The highest BCUT2D eigenvalue weighted by molar-refractivity contribution is 8.00. The summed E-state index contributed by atoms with van der Waals surface area (Å²) < 4.78 is 39.2. The molecule has 0 saturated carbocycles. The Labute approximate surface area is 198 Å². The molecule has 3 rings (SSSR count). The molecule has 174 valence electrons. The largest absolute Gasteiger partial charge is 0.495 e. The number of anilines is 2. The Morgan fingerprint density at radius 3 is 2.36 bits per heavy atom. The predicted molar refractivity (Wildman–Crippen MR) is 132 cm³/mol. The molecule has 0 fully saturated rings. The van der Waals surface area contributed by atoms with Gasteiger partial charge in [-0.3, -0.25) is 9.52 Å². The van der Waals surface area contributed by atoms with Crippen molar-refractivity contribution in [3.8, 4) is 11.5 Å². The number of sulfonamides is 1. The quantitative estimate of drug-likeness (QED) is 0.395. The van der Waals surface area contributed by atoms with Gasteiger partial charge in [0.2, 0.25) is 5.91 Å². The first-order chi connectivity index (χ1) is 15.8. The lowest BCUT2D eigenvalue weighted by molar-refractivity contribution is -0.113. The zero-order chi connectivity index (χ0) is 23.8. The van der Waals surface area contributed by atoms with Crippen LogP contribution in [-0.4, -0.2) is 33.8 Å². The van der Waals surface area contributed by atoms with Crippen molar-refractivity contribution in [1.82, 2.24) is 0 Å². The summed E-state index contributed by atoms with van der Waals surface area (Å²) in [4.78, 5) is 13.4. The minimum absolute atomic E-state index is 0.0803. The van der Waals surface area contributed by atoms with Crippen LogP contribution >= 0.6 is 11.8 Å². The summed E-state index contributed by atoms with van der Waals surface area (Å²) >= 11 is 1.42. The Morgan fingerprint density at radius 1 is 1.00 bits per heavy atom. The van der Waals surface area contributed by atoms with Gasteiger partial charge >= 0.3 is 0 Å². The summed E-state index contributed by atoms with van der Waals surface area (Å²) in [6, 6.07) is 18.9. The number of hydrogen-bond acceptors (Lipinski definition) is 6. The molecule has 2 N–H and O–H groups in total. The highest BCUT2D eigenvalue weighted by Gasteiger charge is 2.21. The first-order valence-electron chi connectivity index (χ1n) is 10.2. The van der Waals surface area contributed by atoms with Crippen molar-refractivity contribution in [2.45, 2.75) is 23.6 Å². The molecule has 7 nitrogen and oxygen atoms in total. The fourth-order valence-electron chi connectivity index (χ4n) is 3.02. The highest BCUT2D eigenvalue weighted by Crippen LogP contribution is 2.30. The smallest absolute Gasteiger partial charge is 0.265 e. The summed E-state index contributed by atoms with van der Waals surface area (Å²) in [5, 5.41) is 2.76. The van der Waals surface area contributed by atoms with Crippen LogP contribution in [0.3, 0.4) is 0 Å². The van der Waals surface area contributed by atoms with E-state index >= 15 is 0 Å². The van der Waals surface area contributed by atoms with Crippen LogP contribution in [0.5, 0.6) is 11.5 Å². The van der Waals surface area contributed by atoms with Gasteiger partial charge in [0.05, 0.1) is 19.5 Å². The molecule has 0 heterocycles. The molecule has 33 heavy (non-hydrogen) atoms. The van der Waals surface area contributed by atoms with Gasteiger partial charge in [0.15, 0.2) is 0 Å². The van der Waals surface area contributed by atoms with E-state index in [0.717, 1.165) is 10.5 Å². The van der Waals surface area contributed by atoms with Crippen molar-refractivity contribution in [2.75, 3.05) is 29.5 Å². The molecular formula is C24H26N2O5S2. The van der Waals surface area contributed by atoms with E-state index in [2.05, 4.69) is 10.0 Å². The summed E-state index contributed by atoms with van der Waals surface area (Å²) in [6.07, 6.45) is 0. The van der Waals surface area contributed by atoms with Gasteiger partial charge in [-0.05, 0) is 67.9 Å². The molecule has 0 aliphatic heterocycles. The lowest BCUT2D eigenvalue weighted by Gasteiger charge is -2.14. The van der Waals surface area contributed by atoms with Crippen LogP contribution in [0.25, 0.3) is 0 Å². The highest BCUT2D eigenvalue weighted by atomic mass is 32.2. The first kappa shape index (κ1) is 24.5. The van der Waals surface area contributed by atoms with Gasteiger partial charge < -0.3 is 14.8 Å². The van der Waals surface area contributed by atoms with E-state index in [1.807, 2.05) is 38.1 Å². The lowest BCUT2D eigenvalue weighted by Crippen LogP contribution is -2.17. The number of ether oxygens (including phenoxy) is 2. The Kier molecular flexibility index (Phi) is 8.24. The van der Waals surface area contributed by atoms with Crippen LogP contribution in [0.2, 0.25) is 0 Å². The van der Waals surface area contributed by atoms with E-state index in [1.54, 1.807) is 30.3 Å². The summed E-state index contributed by atoms with van der Waals surface area (Å²) in [5.74, 6) is 0.770. The third-order valence-corrected chi connectivity index (χ3v) is 7.18. The second kappa shape index (κ2) is 11.1. The third-order valence-electron chi connectivity index (χ3n) is 4.61. The summed E-state index contributed by atoms with van der Waals surface area (Å²) in [5.41, 5.74) is 1.83. The van der Waals surface area contributed by atoms with Gasteiger partial charge in [-0.15, -0.1) is 11.8 Å². The van der Waals surface area contributed by atoms with E-state index in [0.29, 0.717) is 23.7 Å². The molecule has 0 bridgehead atoms. The number of aryl methyl sites for hydroxylation is 1. The fourth-order valence-corrected chi connectivity index (χ4v) is 5.10. The Morgan fingerprint density at radius 2 is 1.70 bits per heavy atom. The summed E-state index contributed by atoms with van der Waals surface area (Å²) in [7, 11) is -2.58. The van der Waals surface area contributed by atoms with Crippen molar-refractivity contribution in [2.24, 2.45) is 0 Å². The van der Waals surface area contributed by atoms with Crippen molar-refractivity contribution in [1.29, 1.82) is 0 Å². The maximum Gasteiger partial charge on any atom is 0.265 e. The Hall–Kier alpha value is -3.17. The molecule has 3 aromatic rings. The normalized spacial score (nSPS) is 11.0. The third kappa shape index (κ3) is 6.66. The van der Waals surface area contributed by atoms with Crippen molar-refractivity contribution >= 4 is 39.1 Å². The standard InChI is InChI=1S/C24H26N2O5S2/c1-4-31-20-12-9-18(10-13-20)26-33(28,29)23-15-19(11-14-21(23)30-3)25-24(27)16-32-22-8-6-5-7-17(22)2/h5-15,26H,4,16H2,1-3H3,(H,25,27). The lowest BCUT2D eigenvalue weighted by atomic mass is 10.2. The van der Waals surface area contributed by atoms with Gasteiger partial charge in [-0.25, -0.2) is 8.42 Å². The van der Waals surface area contributed by atoms with Gasteiger partial charge in [-0.2, -0.15) is 0 Å². The molecule has 0 radical (unpaired) electrons. The zero-order valence-electron chi connectivity index (χ0n) is 18.6. The molecule has 0 spiro atoms. The number of rotatable bonds is 10. The van der Waals surface area contributed by atoms with Gasteiger partial charge in [-0.1, -0.05) is 18.2 Å². The molecule has 0 aromatic heterocycles. The average molecular weight is 487 g/mol. The van der Waals surface area contributed by atoms with E-state index in [9.17, 15) is 13.2 Å². The fraction of sp³-hybridized carbons (Fsp3) is 0.208. The molecule has 0 aliphatic rings. The van der Waals surface area contributed by atoms with E-state index in [1.165, 1.54) is 31.0 Å². The van der Waals surface area contributed by atoms with Crippen LogP contribution in [0, 0.1) is 6.92 Å². The maximum atomic E-state index is 13.0. The molecule has 0 saturated heterocycles. The Bertz CT molecular complexity index is 1210. The summed E-state index contributed by atoms with van der Waals surface area (Å²) in [6.45, 7) is 4.37. The number of carbonyl (C=O) groups is 1. The first-order valence-corrected chi connectivity index (χ1v) is 12.7. The van der Waals surface area contributed by atoms with Crippen LogP contribution in [0.1, 0.15) is 12.5 Å². The van der Waals surface area contributed by atoms with Crippen molar-refractivity contribution in [3.63, 3.8) is 0 Å². The van der Waals surface area contributed by atoms with Gasteiger partial charge in [0.1, 0.15) is 16.4 Å². The topological polar surface area (TPSA) is 93.7 Å². The number of thioether (sulfide) groups is 1. The molecule has 3 aromatic carbocycles. The monoisotopic (exact) mass is 486 g/mol. The second-order valence-electron chi connectivity index (χ2n) is 7.03. The Balaban J connectivity index is 1.74. The second-order valence-corrected chi connectivity index (χ2v) is 9.70. The molecule has 0 atom stereocenters. The van der Waals surface area contributed by atoms with Gasteiger partial charge in [0, 0.05) is 16.3 Å². The number of carbonyl (C=O) groups excluding carboxylic acids is 1. The minimum Gasteiger partial charge on any atom is -0.495 e. The molecule has 0 unspecified atom stereocenters. The van der Waals surface area contributed by atoms with E-state index in [4.69, 9.17) is 9.47 Å². The number of benzene rings is 3. The van der Waals surface area contributed by atoms with E-state index in [-0.39, 0.29) is 22.3 Å². The van der Waals surface area contributed by atoms with Crippen LogP contribution in [-0.2, 0) is 14.8 Å². The van der Waals surface area contributed by atoms with Crippen LogP contribution < -0.4 is 19.5 Å². The van der Waals surface area contributed by atoms with Crippen molar-refractivity contribution < 1.29 is 22.7 Å². The van der Waals surface area contributed by atoms with Gasteiger partial charge in [0.25, 0.3) is 10.0 Å². The molecule has 0 aliphatic carbocycles. The SMILES string of the molecule is CCOc1ccc(NS(=O)(=O)c2cc(NC(=O)CSc3ccccc3C)ccc2OC)cc1. The molecule has 1 amide bonds. The van der Waals surface area contributed by atoms with Crippen LogP contribution in [0.15, 0.2) is 76.5 Å². The maximum absolute atomic E-state index is 13.0. The molecule has 9 heteroatoms. The number of nitrogens with one attached hydrogen (secondary N) is 2. The number of hydrogen-bond donors (Lipinski definition) is 2. The van der Waals surface area contributed by atoms with E-state index < -0.39 is 10.0 Å². The minimum atomic E-state index is -3.97. The van der Waals surface area contributed by atoms with Crippen LogP contribution in [0.4, 0.5) is 11.4 Å². The average Bonchev–Trinajstić information content (AvgIpc) is 2.80. The van der Waals surface area contributed by atoms with Crippen molar-refractivity contribution in [3.05, 3.63) is 72.3 Å². The predicted octanol–water partition coefficient (Wildman–Crippen LogP) is 4.93. The number of methoxy groups -OCH3 is 1.